The van der Waals surface area contributed by atoms with Crippen LogP contribution in [0.3, 0.4) is 0 Å². The van der Waals surface area contributed by atoms with Crippen molar-refractivity contribution in [3.05, 3.63) is 51.1 Å². The Morgan fingerprint density at radius 2 is 1.89 bits per heavy atom. The van der Waals surface area contributed by atoms with E-state index >= 15 is 0 Å². The Kier molecular flexibility index (Phi) is 10.2. The number of H-pyrrole nitrogens is 1. The molecule has 0 radical (unpaired) electrons. The number of amides is 1. The molecule has 13 heteroatoms. The Balaban J connectivity index is 1.34. The summed E-state index contributed by atoms with van der Waals surface area (Å²) >= 11 is 1.48. The van der Waals surface area contributed by atoms with E-state index in [0.29, 0.717) is 36.7 Å². The fourth-order valence-corrected chi connectivity index (χ4v) is 7.63. The summed E-state index contributed by atoms with van der Waals surface area (Å²) in [6.45, 7) is 6.80. The van der Waals surface area contributed by atoms with Gasteiger partial charge in [0.05, 0.1) is 23.5 Å². The fraction of sp³-hybridized carbons (Fsp3) is 0.594. The van der Waals surface area contributed by atoms with Crippen molar-refractivity contribution in [3.63, 3.8) is 0 Å². The molecule has 1 aliphatic carbocycles. The first kappa shape index (κ1) is 33.3. The molecule has 2 fully saturated rings. The Bertz CT molecular complexity index is 1570. The number of ether oxygens (including phenoxy) is 1. The van der Waals surface area contributed by atoms with Crippen LogP contribution in [0.15, 0.2) is 28.0 Å². The first-order valence-corrected chi connectivity index (χ1v) is 16.9. The lowest BCUT2D eigenvalue weighted by Crippen LogP contribution is -2.58. The number of anilines is 1. The molecule has 1 aromatic carbocycles. The number of likely N-dealkylation sites (tertiary alicyclic amines) is 1. The van der Waals surface area contributed by atoms with Gasteiger partial charge < -0.3 is 19.9 Å². The third kappa shape index (κ3) is 7.20. The molecule has 45 heavy (non-hydrogen) atoms. The molecule has 9 nitrogen and oxygen atoms in total. The number of halogens is 3. The van der Waals surface area contributed by atoms with Crippen LogP contribution in [0.2, 0.25) is 0 Å². The summed E-state index contributed by atoms with van der Waals surface area (Å²) in [6, 6.07) is 4.41. The Labute approximate surface area is 265 Å². The summed E-state index contributed by atoms with van der Waals surface area (Å²) < 4.78 is 44.4. The minimum absolute atomic E-state index is 0.118. The quantitative estimate of drug-likeness (QED) is 0.277. The van der Waals surface area contributed by atoms with Gasteiger partial charge in [-0.15, -0.1) is 11.8 Å². The standard InChI is InChI=1S/C32H43F3N6O3S/c1-6-23-24(30(42)36-14-26-28(45-5)12-19(3)38-31(26)43)13-27-25(15-37-39(27)4)29(23)41(7-2)21-10-8-20(9-11-21)40-16-22(17-40)44-18-32(33,34)35/h12-13,15,20-22H,6-11,14,16-18H2,1-5H3,(H,36,42)(H,38,43). The van der Waals surface area contributed by atoms with Gasteiger partial charge in [-0.05, 0) is 69.9 Å². The largest absolute Gasteiger partial charge is 0.411 e. The molecule has 0 unspecified atom stereocenters. The Hall–Kier alpha value is -3.03. The molecular formula is C32H43F3N6O3S. The number of aromatic amines is 1. The fourth-order valence-electron chi connectivity index (χ4n) is 6.92. The van der Waals surface area contributed by atoms with Crippen LogP contribution < -0.4 is 15.8 Å². The number of carbonyl (C=O) groups is 1. The third-order valence-electron chi connectivity index (χ3n) is 9.22. The van der Waals surface area contributed by atoms with E-state index in [0.717, 1.165) is 65.0 Å². The first-order valence-electron chi connectivity index (χ1n) is 15.7. The predicted octanol–water partition coefficient (Wildman–Crippen LogP) is 5.18. The molecule has 0 atom stereocenters. The van der Waals surface area contributed by atoms with Gasteiger partial charge in [0.25, 0.3) is 11.5 Å². The highest BCUT2D eigenvalue weighted by Crippen LogP contribution is 2.39. The highest BCUT2D eigenvalue weighted by Gasteiger charge is 2.39. The van der Waals surface area contributed by atoms with Gasteiger partial charge in [0.15, 0.2) is 0 Å². The smallest absolute Gasteiger partial charge is 0.368 e. The number of fused-ring (bicyclic) bond motifs is 1. The molecule has 0 bridgehead atoms. The molecule has 5 rings (SSSR count). The van der Waals surface area contributed by atoms with Crippen LogP contribution in [0.1, 0.15) is 66.7 Å². The van der Waals surface area contributed by atoms with Gasteiger partial charge >= 0.3 is 6.18 Å². The van der Waals surface area contributed by atoms with Gasteiger partial charge in [-0.1, -0.05) is 6.92 Å². The number of hydrogen-bond donors (Lipinski definition) is 2. The lowest BCUT2D eigenvalue weighted by molar-refractivity contribution is -0.202. The number of rotatable bonds is 11. The molecule has 3 aromatic rings. The second-order valence-corrected chi connectivity index (χ2v) is 12.9. The zero-order valence-electron chi connectivity index (χ0n) is 26.6. The van der Waals surface area contributed by atoms with Gasteiger partial charge in [0, 0.05) is 72.4 Å². The average molecular weight is 649 g/mol. The van der Waals surface area contributed by atoms with E-state index in [2.05, 4.69) is 39.0 Å². The van der Waals surface area contributed by atoms with Gasteiger partial charge in [0.1, 0.15) is 6.61 Å². The van der Waals surface area contributed by atoms with Crippen LogP contribution in [0.5, 0.6) is 0 Å². The van der Waals surface area contributed by atoms with E-state index < -0.39 is 12.8 Å². The molecule has 2 N–H and O–H groups in total. The lowest BCUT2D eigenvalue weighted by atomic mass is 9.86. The van der Waals surface area contributed by atoms with Crippen LogP contribution in [0.4, 0.5) is 18.9 Å². The van der Waals surface area contributed by atoms with Crippen molar-refractivity contribution in [2.45, 2.75) is 88.7 Å². The van der Waals surface area contributed by atoms with Crippen molar-refractivity contribution in [1.29, 1.82) is 0 Å². The number of aromatic nitrogens is 3. The summed E-state index contributed by atoms with van der Waals surface area (Å²) in [5.74, 6) is -0.233. The second-order valence-electron chi connectivity index (χ2n) is 12.1. The topological polar surface area (TPSA) is 95.5 Å². The highest BCUT2D eigenvalue weighted by atomic mass is 32.2. The first-order chi connectivity index (χ1) is 21.4. The molecule has 3 heterocycles. The summed E-state index contributed by atoms with van der Waals surface area (Å²) in [5.41, 5.74) is 4.53. The van der Waals surface area contributed by atoms with E-state index in [1.54, 1.807) is 4.68 Å². The monoisotopic (exact) mass is 648 g/mol. The predicted molar refractivity (Wildman–Crippen MR) is 171 cm³/mol. The molecular weight excluding hydrogens is 605 g/mol. The number of thioether (sulfide) groups is 1. The van der Waals surface area contributed by atoms with Crippen molar-refractivity contribution in [3.8, 4) is 0 Å². The maximum atomic E-state index is 13.8. The van der Waals surface area contributed by atoms with E-state index in [-0.39, 0.29) is 30.2 Å². The van der Waals surface area contributed by atoms with Crippen molar-refractivity contribution < 1.29 is 22.7 Å². The minimum Gasteiger partial charge on any atom is -0.368 e. The van der Waals surface area contributed by atoms with Crippen LogP contribution >= 0.6 is 11.8 Å². The molecule has 246 valence electrons. The second kappa shape index (κ2) is 13.8. The van der Waals surface area contributed by atoms with Gasteiger partial charge in [-0.3, -0.25) is 19.2 Å². The molecule has 2 aliphatic rings. The van der Waals surface area contributed by atoms with Gasteiger partial charge in [-0.25, -0.2) is 0 Å². The van der Waals surface area contributed by atoms with Gasteiger partial charge in [-0.2, -0.15) is 18.3 Å². The zero-order valence-corrected chi connectivity index (χ0v) is 27.4. The van der Waals surface area contributed by atoms with E-state index in [4.69, 9.17) is 4.74 Å². The normalized spacial score (nSPS) is 19.6. The van der Waals surface area contributed by atoms with Crippen LogP contribution in [-0.4, -0.2) is 82.4 Å². The Morgan fingerprint density at radius 3 is 2.51 bits per heavy atom. The molecule has 1 saturated heterocycles. The number of nitrogens with zero attached hydrogens (tertiary/aromatic N) is 4. The maximum Gasteiger partial charge on any atom is 0.411 e. The molecule has 1 saturated carbocycles. The SMILES string of the molecule is CCc1c(C(=O)NCc2c(SC)cc(C)[nH]c2=O)cc2c(cnn2C)c1N(CC)C1CCC(N2CC(OCC(F)(F)F)C2)CC1. The van der Waals surface area contributed by atoms with Crippen LogP contribution in [0.25, 0.3) is 10.9 Å². The lowest BCUT2D eigenvalue weighted by Gasteiger charge is -2.48. The number of nitrogens with one attached hydrogen (secondary N) is 2. The molecule has 2 aromatic heterocycles. The number of carbonyl (C=O) groups excluding carboxylic acids is 1. The summed E-state index contributed by atoms with van der Waals surface area (Å²) in [4.78, 5) is 34.9. The van der Waals surface area contributed by atoms with Crippen molar-refractivity contribution in [2.75, 3.05) is 37.4 Å². The number of hydrogen-bond acceptors (Lipinski definition) is 7. The number of aryl methyl sites for hydroxylation is 2. The zero-order chi connectivity index (χ0) is 32.5. The summed E-state index contributed by atoms with van der Waals surface area (Å²) in [5, 5.41) is 8.56. The third-order valence-corrected chi connectivity index (χ3v) is 10.0. The number of pyridine rings is 1. The molecule has 1 aliphatic heterocycles. The minimum atomic E-state index is -4.30. The van der Waals surface area contributed by atoms with Crippen molar-refractivity contribution >= 4 is 34.3 Å². The van der Waals surface area contributed by atoms with E-state index in [1.807, 2.05) is 38.6 Å². The van der Waals surface area contributed by atoms with E-state index in [9.17, 15) is 22.8 Å². The van der Waals surface area contributed by atoms with E-state index in [1.165, 1.54) is 11.8 Å². The number of benzene rings is 1. The average Bonchev–Trinajstić information content (AvgIpc) is 3.35. The molecule has 1 amide bonds. The van der Waals surface area contributed by atoms with Crippen LogP contribution in [-0.2, 0) is 24.8 Å². The number of alkyl halides is 3. The Morgan fingerprint density at radius 1 is 1.18 bits per heavy atom. The van der Waals surface area contributed by atoms with Gasteiger partial charge in [0.2, 0.25) is 0 Å². The summed E-state index contributed by atoms with van der Waals surface area (Å²) in [7, 11) is 1.87. The molecule has 0 spiro atoms. The maximum absolute atomic E-state index is 13.8. The van der Waals surface area contributed by atoms with Crippen LogP contribution in [0, 0.1) is 6.92 Å². The highest BCUT2D eigenvalue weighted by molar-refractivity contribution is 7.98. The van der Waals surface area contributed by atoms with Crippen molar-refractivity contribution in [1.82, 2.24) is 25.0 Å². The van der Waals surface area contributed by atoms with Crippen molar-refractivity contribution in [2.24, 2.45) is 7.05 Å². The summed E-state index contributed by atoms with van der Waals surface area (Å²) in [6.07, 6.45) is 3.57.